The molecule has 6 aliphatic rings. The van der Waals surface area contributed by atoms with Gasteiger partial charge >= 0.3 is 24.2 Å². The van der Waals surface area contributed by atoms with Crippen LogP contribution in [0.15, 0.2) is 121 Å². The third-order valence-corrected chi connectivity index (χ3v) is 21.6. The second kappa shape index (κ2) is 38.9. The number of benzene rings is 6. The van der Waals surface area contributed by atoms with E-state index in [2.05, 4.69) is 42.0 Å². The lowest BCUT2D eigenvalue weighted by Gasteiger charge is -2.31. The van der Waals surface area contributed by atoms with Crippen molar-refractivity contribution in [1.29, 1.82) is 0 Å². The van der Waals surface area contributed by atoms with E-state index in [9.17, 15) is 65.5 Å². The number of rotatable bonds is 21. The van der Waals surface area contributed by atoms with Crippen LogP contribution in [0.25, 0.3) is 44.3 Å². The van der Waals surface area contributed by atoms with E-state index in [1.54, 1.807) is 76.8 Å². The molecule has 0 aliphatic carbocycles. The van der Waals surface area contributed by atoms with Crippen LogP contribution in [0.2, 0.25) is 0 Å². The van der Waals surface area contributed by atoms with Crippen molar-refractivity contribution in [3.05, 3.63) is 167 Å². The van der Waals surface area contributed by atoms with E-state index in [0.29, 0.717) is 96.0 Å². The first-order valence-electron chi connectivity index (χ1n) is 38.8. The Kier molecular flexibility index (Phi) is 29.3. The third kappa shape index (κ3) is 20.1. The van der Waals surface area contributed by atoms with Crippen molar-refractivity contribution in [3.8, 4) is 34.0 Å². The van der Waals surface area contributed by atoms with E-state index in [-0.39, 0.29) is 90.0 Å². The molecule has 8 heterocycles. The number of carbonyl (C=O) groups excluding carboxylic acids is 9. The maximum absolute atomic E-state index is 14.8. The number of carboxylic acids is 1. The Bertz CT molecular complexity index is 5070. The zero-order valence-electron chi connectivity index (χ0n) is 66.6. The number of ketones is 2. The number of aromatic nitrogens is 2. The molecule has 6 aliphatic heterocycles. The van der Waals surface area contributed by atoms with Gasteiger partial charge in [0.15, 0.2) is 11.6 Å². The number of nitrogens with zero attached hydrogens (tertiary/aromatic N) is 4. The number of methoxy groups -OCH3 is 3. The maximum Gasteiger partial charge on any atom is 0.407 e. The molecule has 14 rings (SSSR count). The van der Waals surface area contributed by atoms with Crippen molar-refractivity contribution in [1.82, 2.24) is 45.5 Å². The number of fused-ring (bicyclic) bond motifs is 10. The predicted octanol–water partition coefficient (Wildman–Crippen LogP) is 12.7. The van der Waals surface area contributed by atoms with E-state index in [4.69, 9.17) is 24.1 Å². The monoisotopic (exact) mass is 1670 g/mol. The summed E-state index contributed by atoms with van der Waals surface area (Å²) in [4.78, 5) is 129. The standard InChI is InChI=1S/C46H52F2N6O9.C32H30F2N4O3.C7H13NO4.2ClH/c1-24(2)39(50-45(59)61-5)42(57)52-15-7-9-34(52)37(55)18-26-11-14-33-27(17-26)21-36-32-13-12-31(23-38(32)63-44(54(33)36)28-19-29(47)22-30(48)20-28)49-41(56)35-10-8-16-53(35)43(58)40(25(3)4)51-46(60)62-6;33-21-13-20(14-22(34)16-21)32-38-27-8-5-18(12-29(39)25-3-1-9-35-25)11-19(27)15-28(38)24-7-6-23(17-30(24)41-32)37-31(40)26-4-2-10-36-26;1-4(2)5(6(9)10)8-7(11)12-3;;/h11-14,17,19-25,34-35,39-40,44H,7-10,15-16,18H2,1-6H3,(H,49,56)(H,50,59)(H,51,60);5-8,11,13-17,25-26,32,35-36H,1-4,9-10,12H2,(H,37,40);4-5H,1-3H3,(H,8,11)(H,9,10);2*1H/t34-,35-,39-,40-,44?;25-,26-,32?;5-;;/m000../s1. The molecular weight excluding hydrogens is 1580 g/mol. The zero-order valence-corrected chi connectivity index (χ0v) is 68.2. The molecule has 7 amide bonds. The maximum atomic E-state index is 14.8. The Balaban J connectivity index is 0.000000227. The number of amides is 7. The van der Waals surface area contributed by atoms with Gasteiger partial charge in [-0.2, -0.15) is 0 Å². The number of halogens is 6. The van der Waals surface area contributed by atoms with Crippen LogP contribution in [0.3, 0.4) is 0 Å². The van der Waals surface area contributed by atoms with E-state index in [1.165, 1.54) is 50.5 Å². The molecular formula is C85H97Cl2F4N11O16. The van der Waals surface area contributed by atoms with Gasteiger partial charge in [-0.1, -0.05) is 53.7 Å². The molecule has 0 bridgehead atoms. The molecule has 27 nitrogen and oxygen atoms in total. The number of nitrogens with one attached hydrogen (secondary N) is 7. The Labute approximate surface area is 691 Å². The number of Topliss-reactive ketones (excluding diaryl/α,β-unsaturated/α-hetero) is 2. The van der Waals surface area contributed by atoms with Crippen LogP contribution in [0, 0.1) is 41.0 Å². The van der Waals surface area contributed by atoms with Crippen molar-refractivity contribution in [2.24, 2.45) is 17.8 Å². The summed E-state index contributed by atoms with van der Waals surface area (Å²) >= 11 is 0. The Morgan fingerprint density at radius 2 is 0.864 bits per heavy atom. The summed E-state index contributed by atoms with van der Waals surface area (Å²) in [5.41, 5.74) is 7.42. The molecule has 33 heteroatoms. The Morgan fingerprint density at radius 1 is 0.466 bits per heavy atom. The van der Waals surface area contributed by atoms with Crippen LogP contribution in [-0.4, -0.2) is 173 Å². The molecule has 9 atom stereocenters. The minimum absolute atomic E-state index is 0. The van der Waals surface area contributed by atoms with Gasteiger partial charge in [-0.15, -0.1) is 24.8 Å². The van der Waals surface area contributed by atoms with Crippen molar-refractivity contribution in [2.75, 3.05) is 58.1 Å². The summed E-state index contributed by atoms with van der Waals surface area (Å²) in [7, 11) is 3.62. The Hall–Kier alpha value is -11.3. The normalized spacial score (nSPS) is 18.8. The van der Waals surface area contributed by atoms with Crippen LogP contribution in [0.1, 0.15) is 128 Å². The fourth-order valence-corrected chi connectivity index (χ4v) is 15.8. The highest BCUT2D eigenvalue weighted by atomic mass is 35.5. The summed E-state index contributed by atoms with van der Waals surface area (Å²) in [5, 5.41) is 30.0. The van der Waals surface area contributed by atoms with Gasteiger partial charge in [0.2, 0.25) is 36.1 Å². The average Bonchev–Trinajstić information content (AvgIpc) is 1.56. The molecule has 118 heavy (non-hydrogen) atoms. The van der Waals surface area contributed by atoms with Crippen molar-refractivity contribution in [2.45, 2.75) is 160 Å². The number of carbonyl (C=O) groups is 10. The summed E-state index contributed by atoms with van der Waals surface area (Å²) in [5.74, 6) is -5.16. The number of hydrogen-bond acceptors (Lipinski definition) is 17. The van der Waals surface area contributed by atoms with Gasteiger partial charge in [0.25, 0.3) is 0 Å². The number of ether oxygens (including phenoxy) is 5. The highest BCUT2D eigenvalue weighted by Crippen LogP contribution is 2.48. The molecule has 2 aromatic heterocycles. The largest absolute Gasteiger partial charge is 0.480 e. The quantitative estimate of drug-likeness (QED) is 0.0245. The first-order valence-corrected chi connectivity index (χ1v) is 38.8. The molecule has 2 unspecified atom stereocenters. The summed E-state index contributed by atoms with van der Waals surface area (Å²) in [6, 6.07) is 27.9. The fourth-order valence-electron chi connectivity index (χ4n) is 15.8. The predicted molar refractivity (Wildman–Crippen MR) is 436 cm³/mol. The van der Waals surface area contributed by atoms with Gasteiger partial charge in [-0.25, -0.2) is 36.7 Å². The summed E-state index contributed by atoms with van der Waals surface area (Å²) < 4.78 is 88.7. The Morgan fingerprint density at radius 3 is 1.27 bits per heavy atom. The lowest BCUT2D eigenvalue weighted by atomic mass is 9.99. The van der Waals surface area contributed by atoms with Crippen LogP contribution >= 0.6 is 24.8 Å². The van der Waals surface area contributed by atoms with Crippen LogP contribution in [-0.2, 0) is 60.6 Å². The SMILES string of the molecule is COC(=O)N[C@H](C(=O)N1CCC[C@H]1C(=O)Cc1ccc2c(c1)cc1n2C(c2cc(F)cc(F)c2)Oc2cc(NC(=O)[C@@H]3CCCN3C(=O)[C@@H](NC(=O)OC)C(C)C)ccc2-1)C(C)C.COC(=O)N[C@H](C(=O)O)C(C)C.Cl.Cl.O=C(Cc1ccc2c(c1)cc1n2C(c2cc(F)cc(F)c2)Oc2cc(NC(=O)[C@@H]3CCCN3)ccc2-1)[C@@H]1CCCN1. The minimum Gasteiger partial charge on any atom is -0.480 e. The van der Waals surface area contributed by atoms with Gasteiger partial charge in [-0.05, 0) is 178 Å². The van der Waals surface area contributed by atoms with Gasteiger partial charge in [0.05, 0.1) is 61.9 Å². The number of anilines is 2. The summed E-state index contributed by atoms with van der Waals surface area (Å²) in [6.07, 6.45) is 1.98. The van der Waals surface area contributed by atoms with Gasteiger partial charge in [0, 0.05) is 94.6 Å². The molecule has 8 N–H and O–H groups in total. The van der Waals surface area contributed by atoms with E-state index >= 15 is 0 Å². The van der Waals surface area contributed by atoms with Crippen molar-refractivity contribution in [3.63, 3.8) is 0 Å². The number of hydrogen-bond donors (Lipinski definition) is 8. The molecule has 0 saturated carbocycles. The zero-order chi connectivity index (χ0) is 83.1. The first kappa shape index (κ1) is 89.1. The molecule has 8 aromatic rings. The third-order valence-electron chi connectivity index (χ3n) is 21.6. The molecule has 0 radical (unpaired) electrons. The first-order chi connectivity index (χ1) is 55.5. The highest BCUT2D eigenvalue weighted by Gasteiger charge is 2.42. The van der Waals surface area contributed by atoms with E-state index in [1.807, 2.05) is 63.7 Å². The molecule has 0 spiro atoms. The lowest BCUT2D eigenvalue weighted by Crippen LogP contribution is -2.54. The van der Waals surface area contributed by atoms with Gasteiger partial charge < -0.3 is 84.9 Å². The molecule has 6 aromatic carbocycles. The number of likely N-dealkylation sites (tertiary alicyclic amines) is 2. The van der Waals surface area contributed by atoms with Crippen molar-refractivity contribution < 1.29 is 94.3 Å². The number of aliphatic carboxylic acids is 1. The lowest BCUT2D eigenvalue weighted by molar-refractivity contribution is -0.140. The second-order valence-corrected chi connectivity index (χ2v) is 30.7. The minimum atomic E-state index is -1.06. The molecule has 4 saturated heterocycles. The highest BCUT2D eigenvalue weighted by molar-refractivity contribution is 6.01. The molecule has 4 fully saturated rings. The van der Waals surface area contributed by atoms with E-state index < -0.39 is 102 Å². The smallest absolute Gasteiger partial charge is 0.407 e. The number of carboxylic acid groups (broad SMARTS) is 1. The van der Waals surface area contributed by atoms with Crippen LogP contribution in [0.4, 0.5) is 43.3 Å². The van der Waals surface area contributed by atoms with Gasteiger partial charge in [0.1, 0.15) is 58.9 Å². The van der Waals surface area contributed by atoms with Crippen LogP contribution in [0.5, 0.6) is 11.5 Å². The van der Waals surface area contributed by atoms with Crippen LogP contribution < -0.4 is 46.7 Å². The molecule has 630 valence electrons. The summed E-state index contributed by atoms with van der Waals surface area (Å²) in [6.45, 7) is 13.0. The van der Waals surface area contributed by atoms with E-state index in [0.717, 1.165) is 84.0 Å². The number of alkyl carbamates (subject to hydrolysis) is 3. The van der Waals surface area contributed by atoms with Crippen molar-refractivity contribution >= 4 is 117 Å². The average molecular weight is 1680 g/mol. The topological polar surface area (TPSA) is 338 Å². The van der Waals surface area contributed by atoms with Gasteiger partial charge in [-0.3, -0.25) is 28.8 Å². The fraction of sp³-hybridized carbons (Fsp3) is 0.412. The second-order valence-electron chi connectivity index (χ2n) is 30.7.